The average Bonchev–Trinajstić information content (AvgIpc) is 2.81. The SMILES string of the molecule is CCOc1ccc(Cl)c(N2Cc3cnc(NC)nc3N(C3CCC(C(=O)O)CC3)C2=O)c1F. The molecular formula is C22H25ClFN5O4. The van der Waals surface area contributed by atoms with Gasteiger partial charge < -0.3 is 15.2 Å². The number of nitrogens with zero attached hydrogens (tertiary/aromatic N) is 4. The zero-order chi connectivity index (χ0) is 23.7. The average molecular weight is 478 g/mol. The molecule has 0 radical (unpaired) electrons. The van der Waals surface area contributed by atoms with Crippen molar-refractivity contribution in [3.05, 3.63) is 34.7 Å². The number of nitrogens with one attached hydrogen (secondary N) is 1. The molecule has 0 unspecified atom stereocenters. The molecule has 0 bridgehead atoms. The summed E-state index contributed by atoms with van der Waals surface area (Å²) in [6, 6.07) is 2.17. The van der Waals surface area contributed by atoms with Gasteiger partial charge in [-0.05, 0) is 44.7 Å². The molecule has 2 amide bonds. The number of benzene rings is 1. The van der Waals surface area contributed by atoms with E-state index in [4.69, 9.17) is 16.3 Å². The molecule has 1 aromatic carbocycles. The Morgan fingerprint density at radius 1 is 1.33 bits per heavy atom. The lowest BCUT2D eigenvalue weighted by atomic mass is 9.85. The summed E-state index contributed by atoms with van der Waals surface area (Å²) in [4.78, 5) is 36.7. The van der Waals surface area contributed by atoms with Gasteiger partial charge in [-0.25, -0.2) is 14.2 Å². The molecule has 33 heavy (non-hydrogen) atoms. The molecule has 2 aliphatic rings. The maximum Gasteiger partial charge on any atom is 0.330 e. The van der Waals surface area contributed by atoms with Crippen LogP contribution in [0.3, 0.4) is 0 Å². The van der Waals surface area contributed by atoms with Crippen LogP contribution in [0.1, 0.15) is 38.2 Å². The highest BCUT2D eigenvalue weighted by molar-refractivity contribution is 6.34. The number of anilines is 3. The number of aromatic nitrogens is 2. The molecule has 1 aliphatic heterocycles. The van der Waals surface area contributed by atoms with Crippen LogP contribution >= 0.6 is 11.6 Å². The Morgan fingerprint density at radius 3 is 2.70 bits per heavy atom. The van der Waals surface area contributed by atoms with Crippen molar-refractivity contribution in [2.45, 2.75) is 45.2 Å². The topological polar surface area (TPSA) is 108 Å². The Bertz CT molecular complexity index is 1080. The maximum atomic E-state index is 15.4. The fourth-order valence-electron chi connectivity index (χ4n) is 4.42. The van der Waals surface area contributed by atoms with Crippen LogP contribution in [-0.2, 0) is 11.3 Å². The van der Waals surface area contributed by atoms with E-state index < -0.39 is 23.7 Å². The van der Waals surface area contributed by atoms with E-state index in [0.717, 1.165) is 0 Å². The van der Waals surface area contributed by atoms with E-state index in [1.54, 1.807) is 20.2 Å². The minimum absolute atomic E-state index is 0.00537. The van der Waals surface area contributed by atoms with E-state index in [-0.39, 0.29) is 35.7 Å². The number of halogens is 2. The van der Waals surface area contributed by atoms with Gasteiger partial charge in [-0.3, -0.25) is 14.6 Å². The first kappa shape index (κ1) is 23.0. The van der Waals surface area contributed by atoms with Gasteiger partial charge >= 0.3 is 12.0 Å². The molecule has 176 valence electrons. The minimum Gasteiger partial charge on any atom is -0.491 e. The third-order valence-corrected chi connectivity index (χ3v) is 6.38. The second kappa shape index (κ2) is 9.38. The van der Waals surface area contributed by atoms with E-state index in [0.29, 0.717) is 43.0 Å². The molecule has 0 atom stereocenters. The van der Waals surface area contributed by atoms with E-state index in [9.17, 15) is 14.7 Å². The number of ether oxygens (including phenoxy) is 1. The number of hydrogen-bond donors (Lipinski definition) is 2. The van der Waals surface area contributed by atoms with Crippen molar-refractivity contribution in [1.82, 2.24) is 9.97 Å². The summed E-state index contributed by atoms with van der Waals surface area (Å²) in [7, 11) is 1.68. The van der Waals surface area contributed by atoms with Crippen molar-refractivity contribution in [2.24, 2.45) is 5.92 Å². The number of rotatable bonds is 6. The molecule has 11 heteroatoms. The third-order valence-electron chi connectivity index (χ3n) is 6.07. The van der Waals surface area contributed by atoms with Crippen molar-refractivity contribution in [2.75, 3.05) is 28.8 Å². The standard InChI is InChI=1S/C22H25ClFN5O4/c1-3-33-16-9-8-15(23)18(17(16)24)28-11-13-10-26-21(25-2)27-19(13)29(22(28)32)14-6-4-12(5-7-14)20(30)31/h8-10,12,14H,3-7,11H2,1-2H3,(H,30,31)(H,25,26,27). The largest absolute Gasteiger partial charge is 0.491 e. The van der Waals surface area contributed by atoms with Crippen LogP contribution in [0.5, 0.6) is 5.75 Å². The predicted octanol–water partition coefficient (Wildman–Crippen LogP) is 4.30. The summed E-state index contributed by atoms with van der Waals surface area (Å²) in [5.41, 5.74) is 0.561. The first-order valence-electron chi connectivity index (χ1n) is 10.8. The van der Waals surface area contributed by atoms with Crippen LogP contribution < -0.4 is 19.9 Å². The summed E-state index contributed by atoms with van der Waals surface area (Å²) < 4.78 is 20.7. The first-order chi connectivity index (χ1) is 15.8. The van der Waals surface area contributed by atoms with Gasteiger partial charge in [0, 0.05) is 24.8 Å². The number of carbonyl (C=O) groups excluding carboxylic acids is 1. The molecule has 1 fully saturated rings. The second-order valence-electron chi connectivity index (χ2n) is 8.02. The molecule has 1 aromatic heterocycles. The van der Waals surface area contributed by atoms with Crippen molar-refractivity contribution >= 4 is 41.1 Å². The molecular weight excluding hydrogens is 453 g/mol. The van der Waals surface area contributed by atoms with Gasteiger partial charge in [-0.15, -0.1) is 0 Å². The van der Waals surface area contributed by atoms with Gasteiger partial charge in [0.25, 0.3) is 0 Å². The van der Waals surface area contributed by atoms with Crippen LogP contribution in [-0.4, -0.2) is 46.8 Å². The molecule has 1 aliphatic carbocycles. The third kappa shape index (κ3) is 4.27. The fourth-order valence-corrected chi connectivity index (χ4v) is 4.67. The normalized spacial score (nSPS) is 20.4. The lowest BCUT2D eigenvalue weighted by molar-refractivity contribution is -0.142. The summed E-state index contributed by atoms with van der Waals surface area (Å²) >= 11 is 6.35. The number of carboxylic acids is 1. The highest BCUT2D eigenvalue weighted by atomic mass is 35.5. The summed E-state index contributed by atoms with van der Waals surface area (Å²) in [5, 5.41) is 12.3. The lowest BCUT2D eigenvalue weighted by Crippen LogP contribution is -2.53. The van der Waals surface area contributed by atoms with Gasteiger partial charge in [0.1, 0.15) is 11.5 Å². The van der Waals surface area contributed by atoms with Gasteiger partial charge in [0.15, 0.2) is 11.6 Å². The molecule has 1 saturated carbocycles. The van der Waals surface area contributed by atoms with Crippen molar-refractivity contribution in [3.8, 4) is 5.75 Å². The second-order valence-corrected chi connectivity index (χ2v) is 8.42. The molecule has 0 spiro atoms. The smallest absolute Gasteiger partial charge is 0.330 e. The molecule has 2 N–H and O–H groups in total. The number of amides is 2. The van der Waals surface area contributed by atoms with Crippen LogP contribution in [0.2, 0.25) is 5.02 Å². The lowest BCUT2D eigenvalue weighted by Gasteiger charge is -2.42. The minimum atomic E-state index is -0.832. The van der Waals surface area contributed by atoms with E-state index in [2.05, 4.69) is 15.3 Å². The number of fused-ring (bicyclic) bond motifs is 1. The van der Waals surface area contributed by atoms with E-state index >= 15 is 4.39 Å². The monoisotopic (exact) mass is 477 g/mol. The van der Waals surface area contributed by atoms with Crippen LogP contribution in [0, 0.1) is 11.7 Å². The summed E-state index contributed by atoms with van der Waals surface area (Å²) in [6.45, 7) is 2.03. The molecule has 9 nitrogen and oxygen atoms in total. The van der Waals surface area contributed by atoms with Gasteiger partial charge in [-0.2, -0.15) is 4.98 Å². The Morgan fingerprint density at radius 2 is 2.06 bits per heavy atom. The Labute approximate surface area is 195 Å². The fraction of sp³-hybridized carbons (Fsp3) is 0.455. The number of carboxylic acid groups (broad SMARTS) is 1. The zero-order valence-electron chi connectivity index (χ0n) is 18.3. The van der Waals surface area contributed by atoms with E-state index in [1.165, 1.54) is 21.9 Å². The zero-order valence-corrected chi connectivity index (χ0v) is 19.1. The Hall–Kier alpha value is -3.14. The highest BCUT2D eigenvalue weighted by Crippen LogP contribution is 2.41. The predicted molar refractivity (Wildman–Crippen MR) is 122 cm³/mol. The quantitative estimate of drug-likeness (QED) is 0.638. The molecule has 2 aromatic rings. The Kier molecular flexibility index (Phi) is 6.55. The highest BCUT2D eigenvalue weighted by Gasteiger charge is 2.41. The number of urea groups is 1. The van der Waals surface area contributed by atoms with Crippen LogP contribution in [0.25, 0.3) is 0 Å². The molecule has 4 rings (SSSR count). The van der Waals surface area contributed by atoms with Crippen LogP contribution in [0.15, 0.2) is 18.3 Å². The molecule has 2 heterocycles. The maximum absolute atomic E-state index is 15.4. The van der Waals surface area contributed by atoms with Crippen molar-refractivity contribution in [1.29, 1.82) is 0 Å². The van der Waals surface area contributed by atoms with Crippen molar-refractivity contribution < 1.29 is 23.8 Å². The summed E-state index contributed by atoms with van der Waals surface area (Å²) in [6.07, 6.45) is 3.46. The number of carbonyl (C=O) groups is 2. The van der Waals surface area contributed by atoms with Crippen molar-refractivity contribution in [3.63, 3.8) is 0 Å². The van der Waals surface area contributed by atoms with Gasteiger partial charge in [-0.1, -0.05) is 11.6 Å². The first-order valence-corrected chi connectivity index (χ1v) is 11.2. The number of hydrogen-bond acceptors (Lipinski definition) is 6. The summed E-state index contributed by atoms with van der Waals surface area (Å²) in [5.74, 6) is -1.20. The van der Waals surface area contributed by atoms with Crippen LogP contribution in [0.4, 0.5) is 26.6 Å². The van der Waals surface area contributed by atoms with Gasteiger partial charge in [0.2, 0.25) is 5.95 Å². The number of aliphatic carboxylic acids is 1. The Balaban J connectivity index is 1.77. The van der Waals surface area contributed by atoms with Gasteiger partial charge in [0.05, 0.1) is 24.1 Å². The van der Waals surface area contributed by atoms with E-state index in [1.807, 2.05) is 0 Å². The molecule has 0 saturated heterocycles.